The van der Waals surface area contributed by atoms with E-state index in [-0.39, 0.29) is 35.0 Å². The lowest BCUT2D eigenvalue weighted by molar-refractivity contribution is -0.139. The van der Waals surface area contributed by atoms with Crippen LogP contribution in [0.3, 0.4) is 0 Å². The maximum Gasteiger partial charge on any atom is 0.419 e. The number of rotatable bonds is 6. The number of aromatic nitrogens is 2. The number of nitrogen functional groups attached to an aromatic ring is 1. The molecule has 0 bridgehead atoms. The quantitative estimate of drug-likeness (QED) is 0.414. The van der Waals surface area contributed by atoms with Gasteiger partial charge in [0.05, 0.1) is 22.6 Å². The van der Waals surface area contributed by atoms with Gasteiger partial charge < -0.3 is 15.5 Å². The summed E-state index contributed by atoms with van der Waals surface area (Å²) >= 11 is 0. The second kappa shape index (κ2) is 8.67. The molecule has 0 amide bonds. The molecule has 2 aromatic heterocycles. The van der Waals surface area contributed by atoms with E-state index < -0.39 is 11.7 Å². The minimum Gasteiger partial charge on any atom is -0.487 e. The largest absolute Gasteiger partial charge is 0.487 e. The Morgan fingerprint density at radius 1 is 1.20 bits per heavy atom. The van der Waals surface area contributed by atoms with Crippen molar-refractivity contribution >= 4 is 11.4 Å². The number of ether oxygens (including phenoxy) is 1. The zero-order valence-corrected chi connectivity index (χ0v) is 15.8. The average Bonchev–Trinajstić information content (AvgIpc) is 2.76. The zero-order chi connectivity index (χ0) is 21.7. The van der Waals surface area contributed by atoms with E-state index in [9.17, 15) is 18.4 Å². The third-order valence-electron chi connectivity index (χ3n) is 4.22. The minimum atomic E-state index is -4.65. The third kappa shape index (κ3) is 4.42. The molecule has 0 radical (unpaired) electrons. The highest BCUT2D eigenvalue weighted by Crippen LogP contribution is 2.39. The number of hydrogen-bond donors (Lipinski definition) is 3. The van der Waals surface area contributed by atoms with Gasteiger partial charge in [0.1, 0.15) is 24.1 Å². The van der Waals surface area contributed by atoms with Crippen molar-refractivity contribution in [3.63, 3.8) is 0 Å². The number of hydrogen-bond acceptors (Lipinski definition) is 7. The highest BCUT2D eigenvalue weighted by Gasteiger charge is 2.35. The number of pyridine rings is 2. The maximum absolute atomic E-state index is 13.7. The van der Waals surface area contributed by atoms with Crippen molar-refractivity contribution in [1.29, 1.82) is 5.26 Å². The summed E-state index contributed by atoms with van der Waals surface area (Å²) in [5.41, 5.74) is 2.87. The SMILES string of the molecule is CNc1cc(-c2ccc(OCc3ccccn3)c(C(F)(F)F)c2)nc(C#N)c1NN. The highest BCUT2D eigenvalue weighted by atomic mass is 19.4. The fraction of sp³-hybridized carbons (Fsp3) is 0.150. The van der Waals surface area contributed by atoms with Crippen LogP contribution in [0, 0.1) is 11.3 Å². The molecule has 2 heterocycles. The molecule has 0 fully saturated rings. The molecule has 0 aliphatic heterocycles. The lowest BCUT2D eigenvalue weighted by atomic mass is 10.0. The van der Waals surface area contributed by atoms with Crippen LogP contribution in [0.25, 0.3) is 11.3 Å². The van der Waals surface area contributed by atoms with Gasteiger partial charge in [-0.15, -0.1) is 0 Å². The molecule has 0 spiro atoms. The van der Waals surface area contributed by atoms with Crippen molar-refractivity contribution in [3.05, 3.63) is 65.6 Å². The molecular weight excluding hydrogens is 397 g/mol. The third-order valence-corrected chi connectivity index (χ3v) is 4.22. The second-order valence-electron chi connectivity index (χ2n) is 6.10. The van der Waals surface area contributed by atoms with Crippen molar-refractivity contribution in [2.75, 3.05) is 17.8 Å². The van der Waals surface area contributed by atoms with Gasteiger partial charge in [-0.05, 0) is 36.4 Å². The van der Waals surface area contributed by atoms with Crippen LogP contribution < -0.4 is 21.3 Å². The number of nitrogens with two attached hydrogens (primary N) is 1. The number of hydrazine groups is 1. The zero-order valence-electron chi connectivity index (χ0n) is 15.8. The van der Waals surface area contributed by atoms with E-state index in [2.05, 4.69) is 20.7 Å². The van der Waals surface area contributed by atoms with Crippen LogP contribution in [0.4, 0.5) is 24.5 Å². The monoisotopic (exact) mass is 414 g/mol. The van der Waals surface area contributed by atoms with Crippen molar-refractivity contribution < 1.29 is 17.9 Å². The van der Waals surface area contributed by atoms with Gasteiger partial charge in [0.25, 0.3) is 0 Å². The second-order valence-corrected chi connectivity index (χ2v) is 6.10. The Bertz CT molecular complexity index is 1080. The molecule has 30 heavy (non-hydrogen) atoms. The van der Waals surface area contributed by atoms with E-state index in [0.29, 0.717) is 11.4 Å². The van der Waals surface area contributed by atoms with Gasteiger partial charge in [0, 0.05) is 18.8 Å². The number of nitrogens with zero attached hydrogens (tertiary/aromatic N) is 3. The average molecular weight is 414 g/mol. The predicted octanol–water partition coefficient (Wildman–Crippen LogP) is 3.94. The van der Waals surface area contributed by atoms with E-state index in [1.807, 2.05) is 6.07 Å². The first kappa shape index (κ1) is 20.9. The standard InChI is InChI=1S/C20H17F3N6O/c1-26-16-9-15(28-17(10-24)19(16)29-25)12-5-6-18(14(8-12)20(21,22)23)30-11-13-4-2-3-7-27-13/h2-9,29H,11,25H2,1H3,(H,26,28). The van der Waals surface area contributed by atoms with Crippen LogP contribution in [0.15, 0.2) is 48.7 Å². The summed E-state index contributed by atoms with van der Waals surface area (Å²) in [6.07, 6.45) is -3.12. The van der Waals surface area contributed by atoms with Crippen molar-refractivity contribution in [3.8, 4) is 23.1 Å². The van der Waals surface area contributed by atoms with Crippen LogP contribution in [-0.4, -0.2) is 17.0 Å². The molecule has 0 saturated heterocycles. The van der Waals surface area contributed by atoms with Crippen LogP contribution in [0.1, 0.15) is 17.0 Å². The lowest BCUT2D eigenvalue weighted by Gasteiger charge is -2.16. The summed E-state index contributed by atoms with van der Waals surface area (Å²) in [6, 6.07) is 12.1. The Hall–Kier alpha value is -3.84. The molecule has 3 rings (SSSR count). The topological polar surface area (TPSA) is 109 Å². The Kier molecular flexibility index (Phi) is 6.03. The molecule has 0 atom stereocenters. The van der Waals surface area contributed by atoms with Crippen LogP contribution in [0.5, 0.6) is 5.75 Å². The predicted molar refractivity (Wildman–Crippen MR) is 105 cm³/mol. The summed E-state index contributed by atoms with van der Waals surface area (Å²) in [5, 5.41) is 12.1. The molecule has 7 nitrogen and oxygen atoms in total. The number of alkyl halides is 3. The van der Waals surface area contributed by atoms with Gasteiger partial charge in [-0.2, -0.15) is 18.4 Å². The van der Waals surface area contributed by atoms with Gasteiger partial charge in [-0.1, -0.05) is 6.07 Å². The van der Waals surface area contributed by atoms with Gasteiger partial charge in [0.2, 0.25) is 0 Å². The summed E-state index contributed by atoms with van der Waals surface area (Å²) in [6.45, 7) is -0.110. The Balaban J connectivity index is 2.02. The van der Waals surface area contributed by atoms with Crippen molar-refractivity contribution in [2.24, 2.45) is 5.84 Å². The van der Waals surface area contributed by atoms with E-state index in [1.54, 1.807) is 25.2 Å². The molecule has 10 heteroatoms. The molecule has 0 unspecified atom stereocenters. The minimum absolute atomic E-state index is 0.0524. The Labute approximate surface area is 170 Å². The first-order valence-electron chi connectivity index (χ1n) is 8.71. The molecular formula is C20H17F3N6O. The molecule has 0 saturated carbocycles. The van der Waals surface area contributed by atoms with Gasteiger partial charge >= 0.3 is 6.18 Å². The van der Waals surface area contributed by atoms with E-state index in [1.165, 1.54) is 24.4 Å². The van der Waals surface area contributed by atoms with E-state index in [0.717, 1.165) is 6.07 Å². The highest BCUT2D eigenvalue weighted by molar-refractivity contribution is 5.78. The first-order valence-corrected chi connectivity index (χ1v) is 8.71. The number of benzene rings is 1. The summed E-state index contributed by atoms with van der Waals surface area (Å²) < 4.78 is 46.4. The van der Waals surface area contributed by atoms with Gasteiger partial charge in [-0.25, -0.2) is 4.98 Å². The Morgan fingerprint density at radius 3 is 2.60 bits per heavy atom. The molecule has 1 aromatic carbocycles. The molecule has 4 N–H and O–H groups in total. The molecule has 154 valence electrons. The summed E-state index contributed by atoms with van der Waals surface area (Å²) in [4.78, 5) is 8.16. The first-order chi connectivity index (χ1) is 14.4. The van der Waals surface area contributed by atoms with E-state index in [4.69, 9.17) is 10.6 Å². The normalized spacial score (nSPS) is 10.9. The number of halogens is 3. The number of nitrogens with one attached hydrogen (secondary N) is 2. The fourth-order valence-electron chi connectivity index (χ4n) is 2.79. The maximum atomic E-state index is 13.7. The summed E-state index contributed by atoms with van der Waals surface area (Å²) in [7, 11) is 1.59. The Morgan fingerprint density at radius 2 is 2.00 bits per heavy atom. The van der Waals surface area contributed by atoms with Gasteiger partial charge in [-0.3, -0.25) is 10.8 Å². The number of anilines is 2. The smallest absolute Gasteiger partial charge is 0.419 e. The van der Waals surface area contributed by atoms with Crippen molar-refractivity contribution in [2.45, 2.75) is 12.8 Å². The molecule has 3 aromatic rings. The van der Waals surface area contributed by atoms with Crippen LogP contribution in [0.2, 0.25) is 0 Å². The summed E-state index contributed by atoms with van der Waals surface area (Å²) in [5.74, 6) is 5.09. The van der Waals surface area contributed by atoms with Gasteiger partial charge in [0.15, 0.2) is 5.69 Å². The van der Waals surface area contributed by atoms with Crippen molar-refractivity contribution in [1.82, 2.24) is 9.97 Å². The fourth-order valence-corrected chi connectivity index (χ4v) is 2.79. The van der Waals surface area contributed by atoms with Crippen LogP contribution in [-0.2, 0) is 12.8 Å². The van der Waals surface area contributed by atoms with E-state index >= 15 is 0 Å². The number of nitriles is 1. The molecule has 0 aliphatic rings. The molecule has 0 aliphatic carbocycles. The van der Waals surface area contributed by atoms with Crippen LogP contribution >= 0.6 is 0 Å². The lowest BCUT2D eigenvalue weighted by Crippen LogP contribution is -2.12.